The first-order valence-corrected chi connectivity index (χ1v) is 7.45. The summed E-state index contributed by atoms with van der Waals surface area (Å²) in [6, 6.07) is 4.41. The Bertz CT molecular complexity index is 555. The molecule has 118 valence electrons. The molecule has 3 N–H and O–H groups in total. The van der Waals surface area contributed by atoms with Crippen molar-refractivity contribution in [1.29, 1.82) is 0 Å². The van der Waals surface area contributed by atoms with Gasteiger partial charge in [0.25, 0.3) is 0 Å². The SMILES string of the molecule is CC(C)Nc1nc(NCc2cccnc2)nc(NC(C)C)n1. The number of nitrogens with zero attached hydrogens (tertiary/aromatic N) is 4. The number of rotatable bonds is 7. The summed E-state index contributed by atoms with van der Waals surface area (Å²) in [5.74, 6) is 1.65. The Morgan fingerprint density at radius 3 is 2.00 bits per heavy atom. The van der Waals surface area contributed by atoms with Gasteiger partial charge in [0.05, 0.1) is 0 Å². The summed E-state index contributed by atoms with van der Waals surface area (Å²) in [4.78, 5) is 17.2. The third-order valence-corrected chi connectivity index (χ3v) is 2.64. The predicted octanol–water partition coefficient (Wildman–Crippen LogP) is 2.52. The van der Waals surface area contributed by atoms with Gasteiger partial charge in [-0.2, -0.15) is 15.0 Å². The van der Waals surface area contributed by atoms with Gasteiger partial charge in [0, 0.05) is 31.0 Å². The van der Waals surface area contributed by atoms with Crippen LogP contribution in [-0.2, 0) is 6.54 Å². The lowest BCUT2D eigenvalue weighted by atomic mass is 10.3. The Morgan fingerprint density at radius 1 is 0.909 bits per heavy atom. The van der Waals surface area contributed by atoms with E-state index in [1.165, 1.54) is 0 Å². The molecule has 2 heterocycles. The van der Waals surface area contributed by atoms with Crippen molar-refractivity contribution in [2.75, 3.05) is 16.0 Å². The van der Waals surface area contributed by atoms with E-state index in [0.717, 1.165) is 5.56 Å². The van der Waals surface area contributed by atoms with Crippen molar-refractivity contribution in [2.45, 2.75) is 46.3 Å². The molecule has 0 aliphatic carbocycles. The largest absolute Gasteiger partial charge is 0.352 e. The average Bonchev–Trinajstić information content (AvgIpc) is 2.44. The van der Waals surface area contributed by atoms with Crippen LogP contribution in [0.5, 0.6) is 0 Å². The van der Waals surface area contributed by atoms with Crippen LogP contribution in [0.4, 0.5) is 17.8 Å². The molecule has 22 heavy (non-hydrogen) atoms. The molecule has 0 saturated carbocycles. The minimum atomic E-state index is 0.250. The predicted molar refractivity (Wildman–Crippen MR) is 88.9 cm³/mol. The monoisotopic (exact) mass is 301 g/mol. The molecule has 0 atom stereocenters. The van der Waals surface area contributed by atoms with Crippen LogP contribution in [0.2, 0.25) is 0 Å². The van der Waals surface area contributed by atoms with E-state index in [4.69, 9.17) is 0 Å². The first kappa shape index (κ1) is 15.9. The summed E-state index contributed by atoms with van der Waals surface area (Å²) in [6.07, 6.45) is 3.57. The van der Waals surface area contributed by atoms with E-state index >= 15 is 0 Å². The van der Waals surface area contributed by atoms with E-state index in [2.05, 4.69) is 35.9 Å². The van der Waals surface area contributed by atoms with Crippen LogP contribution in [0, 0.1) is 0 Å². The fourth-order valence-electron chi connectivity index (χ4n) is 1.78. The summed E-state index contributed by atoms with van der Waals surface area (Å²) in [5.41, 5.74) is 1.07. The minimum absolute atomic E-state index is 0.250. The van der Waals surface area contributed by atoms with Gasteiger partial charge in [-0.05, 0) is 39.3 Å². The summed E-state index contributed by atoms with van der Waals surface area (Å²) >= 11 is 0. The molecule has 0 radical (unpaired) electrons. The fraction of sp³-hybridized carbons (Fsp3) is 0.467. The second kappa shape index (κ2) is 7.53. The van der Waals surface area contributed by atoms with Gasteiger partial charge in [-0.15, -0.1) is 0 Å². The molecule has 0 aromatic carbocycles. The van der Waals surface area contributed by atoms with Crippen LogP contribution in [0.25, 0.3) is 0 Å². The van der Waals surface area contributed by atoms with E-state index in [9.17, 15) is 0 Å². The molecule has 7 heteroatoms. The topological polar surface area (TPSA) is 87.7 Å². The minimum Gasteiger partial charge on any atom is -0.352 e. The van der Waals surface area contributed by atoms with E-state index < -0.39 is 0 Å². The van der Waals surface area contributed by atoms with Crippen molar-refractivity contribution in [2.24, 2.45) is 0 Å². The smallest absolute Gasteiger partial charge is 0.229 e. The second-order valence-corrected chi connectivity index (χ2v) is 5.62. The Hall–Kier alpha value is -2.44. The lowest BCUT2D eigenvalue weighted by Crippen LogP contribution is -2.18. The van der Waals surface area contributed by atoms with Gasteiger partial charge in [-0.25, -0.2) is 0 Å². The zero-order chi connectivity index (χ0) is 15.9. The highest BCUT2D eigenvalue weighted by atomic mass is 15.3. The van der Waals surface area contributed by atoms with Gasteiger partial charge >= 0.3 is 0 Å². The van der Waals surface area contributed by atoms with E-state index in [1.807, 2.05) is 46.0 Å². The quantitative estimate of drug-likeness (QED) is 0.724. The molecule has 7 nitrogen and oxygen atoms in total. The van der Waals surface area contributed by atoms with Gasteiger partial charge in [-0.1, -0.05) is 6.07 Å². The van der Waals surface area contributed by atoms with Crippen LogP contribution in [0.1, 0.15) is 33.3 Å². The molecule has 0 aliphatic heterocycles. The molecule has 0 fully saturated rings. The third kappa shape index (κ3) is 5.16. The molecule has 2 rings (SSSR count). The summed E-state index contributed by atoms with van der Waals surface area (Å²) in [6.45, 7) is 8.79. The Morgan fingerprint density at radius 2 is 1.50 bits per heavy atom. The highest BCUT2D eigenvalue weighted by molar-refractivity contribution is 5.43. The maximum Gasteiger partial charge on any atom is 0.229 e. The average molecular weight is 301 g/mol. The van der Waals surface area contributed by atoms with Gasteiger partial charge < -0.3 is 16.0 Å². The number of anilines is 3. The molecule has 0 saturated heterocycles. The van der Waals surface area contributed by atoms with Gasteiger partial charge in [0.1, 0.15) is 0 Å². The standard InChI is InChI=1S/C15H23N7/c1-10(2)18-14-20-13(21-15(22-14)19-11(3)4)17-9-12-6-5-7-16-8-12/h5-8,10-11H,9H2,1-4H3,(H3,17,18,19,20,21,22). The molecule has 2 aromatic heterocycles. The van der Waals surface area contributed by atoms with E-state index in [1.54, 1.807) is 6.20 Å². The van der Waals surface area contributed by atoms with Crippen LogP contribution >= 0.6 is 0 Å². The molecule has 0 amide bonds. The van der Waals surface area contributed by atoms with Crippen molar-refractivity contribution in [3.63, 3.8) is 0 Å². The van der Waals surface area contributed by atoms with Crippen LogP contribution in [0.15, 0.2) is 24.5 Å². The molecular weight excluding hydrogens is 278 g/mol. The molecule has 2 aromatic rings. The fourth-order valence-corrected chi connectivity index (χ4v) is 1.78. The van der Waals surface area contributed by atoms with E-state index in [-0.39, 0.29) is 12.1 Å². The normalized spacial score (nSPS) is 10.8. The Kier molecular flexibility index (Phi) is 5.46. The number of nitrogens with one attached hydrogen (secondary N) is 3. The van der Waals surface area contributed by atoms with Crippen LogP contribution in [-0.4, -0.2) is 32.0 Å². The highest BCUT2D eigenvalue weighted by Crippen LogP contribution is 2.12. The Labute approximate surface area is 131 Å². The van der Waals surface area contributed by atoms with Crippen LogP contribution in [0.3, 0.4) is 0 Å². The maximum atomic E-state index is 4.39. The number of aromatic nitrogens is 4. The molecule has 0 bridgehead atoms. The van der Waals surface area contributed by atoms with Gasteiger partial charge in [0.2, 0.25) is 17.8 Å². The van der Waals surface area contributed by atoms with Crippen molar-refractivity contribution < 1.29 is 0 Å². The molecule has 0 aliphatic rings. The number of hydrogen-bond acceptors (Lipinski definition) is 7. The summed E-state index contributed by atoms with van der Waals surface area (Å²) in [7, 11) is 0. The van der Waals surface area contributed by atoms with Crippen molar-refractivity contribution in [3.05, 3.63) is 30.1 Å². The second-order valence-electron chi connectivity index (χ2n) is 5.62. The van der Waals surface area contributed by atoms with Gasteiger partial charge in [0.15, 0.2) is 0 Å². The summed E-state index contributed by atoms with van der Waals surface area (Å²) < 4.78 is 0. The van der Waals surface area contributed by atoms with Crippen molar-refractivity contribution >= 4 is 17.8 Å². The van der Waals surface area contributed by atoms with Crippen LogP contribution < -0.4 is 16.0 Å². The first-order valence-electron chi connectivity index (χ1n) is 7.45. The first-order chi connectivity index (χ1) is 10.5. The van der Waals surface area contributed by atoms with Crippen molar-refractivity contribution in [3.8, 4) is 0 Å². The zero-order valence-corrected chi connectivity index (χ0v) is 13.5. The molecule has 0 spiro atoms. The number of hydrogen-bond donors (Lipinski definition) is 3. The van der Waals surface area contributed by atoms with Crippen molar-refractivity contribution in [1.82, 2.24) is 19.9 Å². The van der Waals surface area contributed by atoms with Gasteiger partial charge in [-0.3, -0.25) is 4.98 Å². The molecule has 0 unspecified atom stereocenters. The third-order valence-electron chi connectivity index (χ3n) is 2.64. The number of pyridine rings is 1. The zero-order valence-electron chi connectivity index (χ0n) is 13.5. The Balaban J connectivity index is 2.13. The van der Waals surface area contributed by atoms with E-state index in [0.29, 0.717) is 24.4 Å². The summed E-state index contributed by atoms with van der Waals surface area (Å²) in [5, 5.41) is 9.61. The molecular formula is C15H23N7. The highest BCUT2D eigenvalue weighted by Gasteiger charge is 2.08. The lowest BCUT2D eigenvalue weighted by Gasteiger charge is -2.14. The lowest BCUT2D eigenvalue weighted by molar-refractivity contribution is 0.843. The maximum absolute atomic E-state index is 4.39.